The van der Waals surface area contributed by atoms with Gasteiger partial charge in [0.05, 0.1) is 0 Å². The van der Waals surface area contributed by atoms with Crippen molar-refractivity contribution in [1.82, 2.24) is 10.0 Å². The predicted octanol–water partition coefficient (Wildman–Crippen LogP) is 2.59. The molecule has 0 saturated heterocycles. The molecule has 0 unspecified atom stereocenters. The summed E-state index contributed by atoms with van der Waals surface area (Å²) >= 11 is 3.09. The maximum absolute atomic E-state index is 12.2. The fraction of sp³-hybridized carbons (Fsp3) is 0.692. The van der Waals surface area contributed by atoms with Crippen molar-refractivity contribution in [3.05, 3.63) is 16.5 Å². The summed E-state index contributed by atoms with van der Waals surface area (Å²) in [5, 5.41) is 3.31. The number of hydrogen-bond acceptors (Lipinski definition) is 5. The lowest BCUT2D eigenvalue weighted by molar-refractivity contribution is 0.583. The highest BCUT2D eigenvalue weighted by Crippen LogP contribution is 2.25. The zero-order valence-corrected chi connectivity index (χ0v) is 14.8. The molecule has 4 nitrogen and oxygen atoms in total. The highest BCUT2D eigenvalue weighted by molar-refractivity contribution is 7.98. The quantitative estimate of drug-likeness (QED) is 0.645. The molecule has 7 heteroatoms. The Morgan fingerprint density at radius 2 is 2.10 bits per heavy atom. The van der Waals surface area contributed by atoms with E-state index in [-0.39, 0.29) is 0 Å². The predicted molar refractivity (Wildman–Crippen MR) is 89.2 cm³/mol. The lowest BCUT2D eigenvalue weighted by Gasteiger charge is -2.03. The van der Waals surface area contributed by atoms with Crippen LogP contribution >= 0.6 is 23.1 Å². The van der Waals surface area contributed by atoms with Crippen LogP contribution in [0.2, 0.25) is 0 Å². The van der Waals surface area contributed by atoms with Crippen molar-refractivity contribution in [3.63, 3.8) is 0 Å². The van der Waals surface area contributed by atoms with Crippen molar-refractivity contribution in [1.29, 1.82) is 0 Å². The zero-order chi connectivity index (χ0) is 15.0. The fourth-order valence-corrected chi connectivity index (χ4v) is 4.78. The second-order valence-corrected chi connectivity index (χ2v) is 8.71. The molecule has 0 bridgehead atoms. The van der Waals surface area contributed by atoms with E-state index in [9.17, 15) is 8.42 Å². The van der Waals surface area contributed by atoms with E-state index in [4.69, 9.17) is 0 Å². The second kappa shape index (κ2) is 9.04. The Morgan fingerprint density at radius 3 is 2.75 bits per heavy atom. The average Bonchev–Trinajstić information content (AvgIpc) is 2.78. The van der Waals surface area contributed by atoms with E-state index in [1.54, 1.807) is 17.8 Å². The summed E-state index contributed by atoms with van der Waals surface area (Å²) in [5.41, 5.74) is 1.04. The largest absolute Gasteiger partial charge is 0.312 e. The summed E-state index contributed by atoms with van der Waals surface area (Å²) in [6, 6.07) is 1.77. The fourth-order valence-electron chi connectivity index (χ4n) is 1.67. The molecule has 1 aromatic rings. The van der Waals surface area contributed by atoms with Crippen LogP contribution in [0, 0.1) is 6.92 Å². The van der Waals surface area contributed by atoms with E-state index >= 15 is 0 Å². The number of thiophene rings is 1. The van der Waals surface area contributed by atoms with E-state index < -0.39 is 10.0 Å². The maximum Gasteiger partial charge on any atom is 0.250 e. The van der Waals surface area contributed by atoms with Crippen LogP contribution < -0.4 is 10.0 Å². The van der Waals surface area contributed by atoms with Crippen LogP contribution in [0.4, 0.5) is 0 Å². The molecule has 0 atom stereocenters. The Kier molecular flexibility index (Phi) is 8.13. The molecular formula is C13H24N2O2S3. The molecule has 0 radical (unpaired) electrons. The number of thioether (sulfide) groups is 1. The molecule has 0 fully saturated rings. The summed E-state index contributed by atoms with van der Waals surface area (Å²) in [5.74, 6) is 0.970. The van der Waals surface area contributed by atoms with Gasteiger partial charge in [-0.05, 0) is 49.9 Å². The van der Waals surface area contributed by atoms with Crippen molar-refractivity contribution in [3.8, 4) is 0 Å². The van der Waals surface area contributed by atoms with Crippen LogP contribution in [0.5, 0.6) is 0 Å². The van der Waals surface area contributed by atoms with Gasteiger partial charge in [-0.3, -0.25) is 0 Å². The molecule has 1 heterocycles. The number of hydrogen-bond donors (Lipinski definition) is 2. The number of sulfonamides is 1. The van der Waals surface area contributed by atoms with Gasteiger partial charge in [0.2, 0.25) is 10.0 Å². The topological polar surface area (TPSA) is 58.2 Å². The van der Waals surface area contributed by atoms with Crippen LogP contribution in [0.25, 0.3) is 0 Å². The molecule has 0 saturated carbocycles. The maximum atomic E-state index is 12.2. The third-order valence-electron chi connectivity index (χ3n) is 2.79. The summed E-state index contributed by atoms with van der Waals surface area (Å²) in [7, 11) is -3.34. The number of nitrogens with one attached hydrogen (secondary N) is 2. The molecule has 0 aliphatic heterocycles. The van der Waals surface area contributed by atoms with Crippen LogP contribution in [-0.2, 0) is 16.6 Å². The van der Waals surface area contributed by atoms with E-state index in [0.29, 0.717) is 10.8 Å². The van der Waals surface area contributed by atoms with Crippen LogP contribution in [0.15, 0.2) is 10.3 Å². The lowest BCUT2D eigenvalue weighted by atomic mass is 10.3. The summed E-state index contributed by atoms with van der Waals surface area (Å²) in [4.78, 5) is 1.10. The highest BCUT2D eigenvalue weighted by atomic mass is 32.2. The molecule has 0 aliphatic rings. The zero-order valence-electron chi connectivity index (χ0n) is 12.4. The standard InChI is InChI=1S/C13H24N2O2S3/c1-4-6-14-10-12-11(2)9-13(19-12)20(16,17)15-7-5-8-18-3/h9,14-15H,4-8,10H2,1-3H3. The van der Waals surface area contributed by atoms with Gasteiger partial charge in [-0.15, -0.1) is 11.3 Å². The lowest BCUT2D eigenvalue weighted by Crippen LogP contribution is -2.24. The molecule has 1 aromatic heterocycles. The van der Waals surface area contributed by atoms with Crippen molar-refractivity contribution < 1.29 is 8.42 Å². The van der Waals surface area contributed by atoms with Crippen molar-refractivity contribution in [2.45, 2.75) is 37.4 Å². The second-order valence-electron chi connectivity index (χ2n) is 4.59. The molecule has 0 aliphatic carbocycles. The van der Waals surface area contributed by atoms with Gasteiger partial charge in [-0.1, -0.05) is 6.92 Å². The van der Waals surface area contributed by atoms with Gasteiger partial charge in [0.25, 0.3) is 0 Å². The molecule has 1 rings (SSSR count). The van der Waals surface area contributed by atoms with Gasteiger partial charge in [0.15, 0.2) is 0 Å². The molecule has 2 N–H and O–H groups in total. The summed E-state index contributed by atoms with van der Waals surface area (Å²) in [6.45, 7) is 6.27. The third kappa shape index (κ3) is 5.73. The molecule has 116 valence electrons. The first-order valence-electron chi connectivity index (χ1n) is 6.80. The minimum atomic E-state index is -3.34. The monoisotopic (exact) mass is 336 g/mol. The number of rotatable bonds is 10. The molecular weight excluding hydrogens is 312 g/mol. The van der Waals surface area contributed by atoms with Gasteiger partial charge < -0.3 is 5.32 Å². The first-order chi connectivity index (χ1) is 9.51. The van der Waals surface area contributed by atoms with E-state index in [2.05, 4.69) is 17.0 Å². The smallest absolute Gasteiger partial charge is 0.250 e. The SMILES string of the molecule is CCCNCc1sc(S(=O)(=O)NCCCSC)cc1C. The highest BCUT2D eigenvalue weighted by Gasteiger charge is 2.18. The van der Waals surface area contributed by atoms with Crippen molar-refractivity contribution in [2.75, 3.05) is 25.1 Å². The van der Waals surface area contributed by atoms with E-state index in [0.717, 1.165) is 42.1 Å². The average molecular weight is 337 g/mol. The van der Waals surface area contributed by atoms with E-state index in [1.165, 1.54) is 11.3 Å². The van der Waals surface area contributed by atoms with E-state index in [1.807, 2.05) is 13.2 Å². The van der Waals surface area contributed by atoms with Crippen molar-refractivity contribution >= 4 is 33.1 Å². The number of aryl methyl sites for hydroxylation is 1. The minimum Gasteiger partial charge on any atom is -0.312 e. The van der Waals surface area contributed by atoms with Gasteiger partial charge in [0.1, 0.15) is 4.21 Å². The van der Waals surface area contributed by atoms with Gasteiger partial charge in [-0.25, -0.2) is 13.1 Å². The van der Waals surface area contributed by atoms with Crippen LogP contribution in [-0.4, -0.2) is 33.5 Å². The van der Waals surface area contributed by atoms with Crippen molar-refractivity contribution in [2.24, 2.45) is 0 Å². The Morgan fingerprint density at radius 1 is 1.35 bits per heavy atom. The first-order valence-corrected chi connectivity index (χ1v) is 10.5. The summed E-state index contributed by atoms with van der Waals surface area (Å²) < 4.78 is 27.4. The van der Waals surface area contributed by atoms with Crippen LogP contribution in [0.3, 0.4) is 0 Å². The Balaban J connectivity index is 2.63. The Hall–Kier alpha value is -0.0800. The van der Waals surface area contributed by atoms with Gasteiger partial charge >= 0.3 is 0 Å². The molecule has 0 spiro atoms. The molecule has 0 amide bonds. The Bertz CT molecular complexity index is 498. The van der Waals surface area contributed by atoms with Gasteiger partial charge in [-0.2, -0.15) is 11.8 Å². The first kappa shape index (κ1) is 18.0. The van der Waals surface area contributed by atoms with Gasteiger partial charge in [0, 0.05) is 18.0 Å². The molecule has 20 heavy (non-hydrogen) atoms. The van der Waals surface area contributed by atoms with Crippen LogP contribution in [0.1, 0.15) is 30.2 Å². The minimum absolute atomic E-state index is 0.424. The normalized spacial score (nSPS) is 11.9. The molecule has 0 aromatic carbocycles. The Labute approximate surface area is 130 Å². The third-order valence-corrected chi connectivity index (χ3v) is 6.66. The summed E-state index contributed by atoms with van der Waals surface area (Å²) in [6.07, 6.45) is 3.95.